The molecule has 2 aliphatic rings. The second-order valence-corrected chi connectivity index (χ2v) is 7.78. The number of rotatable bonds is 6. The lowest BCUT2D eigenvalue weighted by Crippen LogP contribution is -2.54. The molecule has 0 unspecified atom stereocenters. The van der Waals surface area contributed by atoms with Crippen molar-refractivity contribution in [3.8, 4) is 11.5 Å². The second-order valence-electron chi connectivity index (χ2n) is 7.35. The molecule has 9 nitrogen and oxygen atoms in total. The topological polar surface area (TPSA) is 123 Å². The lowest BCUT2D eigenvalue weighted by Gasteiger charge is -2.22. The largest absolute Gasteiger partial charge is 0.475 e. The molecule has 2 aromatic carbocycles. The number of carbonyl (C=O) groups is 3. The van der Waals surface area contributed by atoms with E-state index in [1.165, 1.54) is 12.1 Å². The Morgan fingerprint density at radius 1 is 1.16 bits per heavy atom. The van der Waals surface area contributed by atoms with E-state index in [0.29, 0.717) is 23.6 Å². The van der Waals surface area contributed by atoms with Crippen LogP contribution in [0, 0.1) is 0 Å². The van der Waals surface area contributed by atoms with Crippen molar-refractivity contribution in [2.45, 2.75) is 31.3 Å². The molecule has 0 spiro atoms. The fourth-order valence-electron chi connectivity index (χ4n) is 3.61. The van der Waals surface area contributed by atoms with Crippen LogP contribution in [0.1, 0.15) is 24.2 Å². The lowest BCUT2D eigenvalue weighted by molar-refractivity contribution is -0.194. The molecular formula is C21H18ClNO8. The van der Waals surface area contributed by atoms with Gasteiger partial charge in [0.1, 0.15) is 6.10 Å². The normalized spacial score (nSPS) is 19.7. The number of ether oxygens (including phenoxy) is 3. The van der Waals surface area contributed by atoms with E-state index in [2.05, 4.69) is 0 Å². The lowest BCUT2D eigenvalue weighted by atomic mass is 10.0. The minimum Gasteiger partial charge on any atom is -0.475 e. The highest BCUT2D eigenvalue weighted by Crippen LogP contribution is 2.41. The summed E-state index contributed by atoms with van der Waals surface area (Å²) in [5.41, 5.74) is 1.51. The van der Waals surface area contributed by atoms with Gasteiger partial charge in [-0.05, 0) is 48.7 Å². The number of carboxylic acids is 2. The third-order valence-electron chi connectivity index (χ3n) is 5.20. The molecule has 2 atom stereocenters. The summed E-state index contributed by atoms with van der Waals surface area (Å²) in [7, 11) is 0. The molecule has 2 heterocycles. The monoisotopic (exact) mass is 447 g/mol. The third-order valence-corrected chi connectivity index (χ3v) is 5.44. The first kappa shape index (κ1) is 20.8. The second kappa shape index (κ2) is 7.66. The number of aliphatic carboxylic acids is 2. The zero-order chi connectivity index (χ0) is 22.3. The zero-order valence-electron chi connectivity index (χ0n) is 16.3. The van der Waals surface area contributed by atoms with E-state index in [1.54, 1.807) is 29.2 Å². The van der Waals surface area contributed by atoms with Gasteiger partial charge in [0.25, 0.3) is 0 Å². The Bertz CT molecular complexity index is 1060. The summed E-state index contributed by atoms with van der Waals surface area (Å²) in [5.74, 6) is -6.32. The Kier molecular flexibility index (Phi) is 5.14. The van der Waals surface area contributed by atoms with E-state index in [0.717, 1.165) is 5.56 Å². The molecular weight excluding hydrogens is 430 g/mol. The first-order chi connectivity index (χ1) is 14.7. The van der Waals surface area contributed by atoms with Gasteiger partial charge in [-0.2, -0.15) is 0 Å². The fourth-order valence-corrected chi connectivity index (χ4v) is 3.81. The maximum absolute atomic E-state index is 12.4. The van der Waals surface area contributed by atoms with E-state index in [4.69, 9.17) is 25.8 Å². The van der Waals surface area contributed by atoms with Gasteiger partial charge in [0, 0.05) is 11.1 Å². The zero-order valence-corrected chi connectivity index (χ0v) is 17.0. The van der Waals surface area contributed by atoms with Crippen LogP contribution in [-0.2, 0) is 20.7 Å². The van der Waals surface area contributed by atoms with E-state index >= 15 is 0 Å². The van der Waals surface area contributed by atoms with E-state index in [1.807, 2.05) is 13.0 Å². The predicted molar refractivity (Wildman–Crippen MR) is 106 cm³/mol. The van der Waals surface area contributed by atoms with Crippen molar-refractivity contribution in [1.29, 1.82) is 0 Å². The van der Waals surface area contributed by atoms with Crippen LogP contribution in [0.4, 0.5) is 4.79 Å². The van der Waals surface area contributed by atoms with Gasteiger partial charge >= 0.3 is 23.8 Å². The van der Waals surface area contributed by atoms with Crippen LogP contribution in [0.25, 0.3) is 0 Å². The molecule has 0 radical (unpaired) electrons. The summed E-state index contributed by atoms with van der Waals surface area (Å²) in [6, 6.07) is 11.5. The number of fused-ring (bicyclic) bond motifs is 1. The van der Waals surface area contributed by atoms with Crippen molar-refractivity contribution in [3.63, 3.8) is 0 Å². The first-order valence-corrected chi connectivity index (χ1v) is 9.78. The predicted octanol–water partition coefficient (Wildman–Crippen LogP) is 3.10. The summed E-state index contributed by atoms with van der Waals surface area (Å²) in [6.45, 7) is 2.21. The molecule has 2 aromatic rings. The van der Waals surface area contributed by atoms with Gasteiger partial charge in [-0.1, -0.05) is 29.8 Å². The number of carboxylic acid groups (broad SMARTS) is 2. The molecule has 1 amide bonds. The molecule has 4 rings (SSSR count). The summed E-state index contributed by atoms with van der Waals surface area (Å²) in [6.07, 6.45) is -0.479. The van der Waals surface area contributed by atoms with Crippen LogP contribution in [0.15, 0.2) is 42.5 Å². The number of hydrogen-bond donors (Lipinski definition) is 2. The molecule has 0 saturated carbocycles. The van der Waals surface area contributed by atoms with Crippen LogP contribution >= 0.6 is 11.6 Å². The van der Waals surface area contributed by atoms with Gasteiger partial charge in [-0.3, -0.25) is 0 Å². The summed E-state index contributed by atoms with van der Waals surface area (Å²) in [5, 5.41) is 19.0. The molecule has 1 fully saturated rings. The SMILES string of the molecule is C[C@H](Cc1ccc2c(c1)OC(C(=O)O)(C(=O)O)O2)N1C[C@@H](c2cccc(Cl)c2)OC1=O. The minimum absolute atomic E-state index is 0.00954. The number of nitrogens with zero attached hydrogens (tertiary/aromatic N) is 1. The van der Waals surface area contributed by atoms with Crippen LogP contribution in [0.3, 0.4) is 0 Å². The standard InChI is InChI=1S/C21H18ClNO8/c1-11(23-10-17(29-20(23)28)13-3-2-4-14(22)9-13)7-12-5-6-15-16(8-12)31-21(30-15,18(24)25)19(26)27/h2-6,8-9,11,17H,7,10H2,1H3,(H,24,25)(H,26,27)/t11-,17+/m1/s1. The molecule has 0 aromatic heterocycles. The number of halogens is 1. The Balaban J connectivity index is 1.47. The molecule has 0 aliphatic carbocycles. The van der Waals surface area contributed by atoms with Crippen molar-refractivity contribution < 1.29 is 38.8 Å². The van der Waals surface area contributed by atoms with Crippen molar-refractivity contribution in [2.75, 3.05) is 6.54 Å². The summed E-state index contributed by atoms with van der Waals surface area (Å²) in [4.78, 5) is 36.7. The highest BCUT2D eigenvalue weighted by atomic mass is 35.5. The molecule has 1 saturated heterocycles. The van der Waals surface area contributed by atoms with Gasteiger partial charge in [0.2, 0.25) is 0 Å². The van der Waals surface area contributed by atoms with Crippen molar-refractivity contribution in [2.24, 2.45) is 0 Å². The van der Waals surface area contributed by atoms with Gasteiger partial charge in [-0.15, -0.1) is 0 Å². The van der Waals surface area contributed by atoms with E-state index in [-0.39, 0.29) is 17.5 Å². The number of hydrogen-bond acceptors (Lipinski definition) is 6. The average molecular weight is 448 g/mol. The maximum Gasteiger partial charge on any atom is 0.453 e. The summed E-state index contributed by atoms with van der Waals surface area (Å²) >= 11 is 6.02. The van der Waals surface area contributed by atoms with Crippen molar-refractivity contribution in [3.05, 3.63) is 58.6 Å². The molecule has 162 valence electrons. The van der Waals surface area contributed by atoms with Crippen LogP contribution in [0.2, 0.25) is 5.02 Å². The highest BCUT2D eigenvalue weighted by Gasteiger charge is 2.57. The number of benzene rings is 2. The van der Waals surface area contributed by atoms with Crippen LogP contribution in [-0.4, -0.2) is 51.5 Å². The Hall–Kier alpha value is -3.46. The molecule has 2 aliphatic heterocycles. The van der Waals surface area contributed by atoms with E-state index < -0.39 is 29.9 Å². The quantitative estimate of drug-likeness (QED) is 0.647. The molecule has 10 heteroatoms. The number of amides is 1. The maximum atomic E-state index is 12.4. The van der Waals surface area contributed by atoms with Gasteiger partial charge in [0.05, 0.1) is 6.54 Å². The van der Waals surface area contributed by atoms with Gasteiger partial charge < -0.3 is 29.3 Å². The average Bonchev–Trinajstić information content (AvgIpc) is 3.29. The number of carbonyl (C=O) groups excluding carboxylic acids is 1. The van der Waals surface area contributed by atoms with E-state index in [9.17, 15) is 24.6 Å². The molecule has 31 heavy (non-hydrogen) atoms. The van der Waals surface area contributed by atoms with Crippen molar-refractivity contribution >= 4 is 29.6 Å². The smallest absolute Gasteiger partial charge is 0.453 e. The van der Waals surface area contributed by atoms with Crippen molar-refractivity contribution in [1.82, 2.24) is 4.90 Å². The Morgan fingerprint density at radius 2 is 1.87 bits per heavy atom. The van der Waals surface area contributed by atoms with Crippen LogP contribution in [0.5, 0.6) is 11.5 Å². The summed E-state index contributed by atoms with van der Waals surface area (Å²) < 4.78 is 15.7. The Morgan fingerprint density at radius 3 is 2.55 bits per heavy atom. The molecule has 0 bridgehead atoms. The number of cyclic esters (lactones) is 1. The van der Waals surface area contributed by atoms with Gasteiger partial charge in [0.15, 0.2) is 11.5 Å². The Labute approximate surface area is 181 Å². The minimum atomic E-state index is -2.81. The molecule has 2 N–H and O–H groups in total. The fraction of sp³-hybridized carbons (Fsp3) is 0.286. The highest BCUT2D eigenvalue weighted by molar-refractivity contribution is 6.30. The first-order valence-electron chi connectivity index (χ1n) is 9.40. The van der Waals surface area contributed by atoms with Crippen LogP contribution < -0.4 is 9.47 Å². The van der Waals surface area contributed by atoms with Gasteiger partial charge in [-0.25, -0.2) is 14.4 Å². The third kappa shape index (κ3) is 3.72.